The van der Waals surface area contributed by atoms with E-state index in [9.17, 15) is 26.3 Å². The molecule has 0 bridgehead atoms. The summed E-state index contributed by atoms with van der Waals surface area (Å²) in [6.07, 6.45) is 0.119. The molecule has 2 aromatic carbocycles. The molecular formula is C21H27FN2O6S2. The number of rotatable bonds is 9. The maximum Gasteiger partial charge on any atom is 0.241 e. The molecule has 1 aliphatic rings. The van der Waals surface area contributed by atoms with Gasteiger partial charge < -0.3 is 9.84 Å². The number of hydrogen-bond acceptors (Lipinski definition) is 6. The Labute approximate surface area is 187 Å². The average Bonchev–Trinajstić information content (AvgIpc) is 2.74. The van der Waals surface area contributed by atoms with E-state index in [0.29, 0.717) is 24.8 Å². The highest BCUT2D eigenvalue weighted by atomic mass is 32.2. The molecule has 2 aromatic rings. The zero-order valence-corrected chi connectivity index (χ0v) is 19.2. The van der Waals surface area contributed by atoms with Crippen LogP contribution in [0.25, 0.3) is 0 Å². The highest BCUT2D eigenvalue weighted by molar-refractivity contribution is 7.89. The average molecular weight is 487 g/mol. The molecule has 0 radical (unpaired) electrons. The number of aryl methyl sites for hydroxylation is 1. The van der Waals surface area contributed by atoms with Crippen molar-refractivity contribution in [2.24, 2.45) is 0 Å². The summed E-state index contributed by atoms with van der Waals surface area (Å²) in [5.74, 6) is -0.645. The van der Waals surface area contributed by atoms with Crippen LogP contribution < -0.4 is 9.44 Å². The van der Waals surface area contributed by atoms with Crippen LogP contribution in [-0.4, -0.2) is 53.3 Å². The number of sulfonamides is 2. The SMILES string of the molecule is Cc1ccccc1S(=O)(=O)N[C@@H]1CC[C@H](CCNS(=O)(=O)c2cccc(F)c2)O[C@@H]1CO. The third-order valence-corrected chi connectivity index (χ3v) is 8.46. The van der Waals surface area contributed by atoms with Crippen LogP contribution >= 0.6 is 0 Å². The van der Waals surface area contributed by atoms with Crippen molar-refractivity contribution in [2.45, 2.75) is 54.2 Å². The Bertz CT molecular complexity index is 1140. The van der Waals surface area contributed by atoms with E-state index in [1.165, 1.54) is 18.2 Å². The zero-order valence-electron chi connectivity index (χ0n) is 17.6. The van der Waals surface area contributed by atoms with Gasteiger partial charge in [-0.3, -0.25) is 0 Å². The van der Waals surface area contributed by atoms with Crippen LogP contribution in [0.5, 0.6) is 0 Å². The molecule has 0 aliphatic carbocycles. The lowest BCUT2D eigenvalue weighted by Gasteiger charge is -2.36. The van der Waals surface area contributed by atoms with Crippen molar-refractivity contribution < 1.29 is 31.1 Å². The number of nitrogens with one attached hydrogen (secondary N) is 2. The Kier molecular flexibility index (Phi) is 8.01. The number of aliphatic hydroxyl groups is 1. The van der Waals surface area contributed by atoms with Crippen molar-refractivity contribution in [1.29, 1.82) is 0 Å². The molecule has 32 heavy (non-hydrogen) atoms. The van der Waals surface area contributed by atoms with Gasteiger partial charge in [0, 0.05) is 6.54 Å². The fraction of sp³-hybridized carbons (Fsp3) is 0.429. The second kappa shape index (κ2) is 10.4. The Morgan fingerprint density at radius 3 is 2.50 bits per heavy atom. The van der Waals surface area contributed by atoms with Crippen LogP contribution in [0.2, 0.25) is 0 Å². The van der Waals surface area contributed by atoms with Gasteiger partial charge >= 0.3 is 0 Å². The monoisotopic (exact) mass is 486 g/mol. The lowest BCUT2D eigenvalue weighted by molar-refractivity contribution is -0.0869. The van der Waals surface area contributed by atoms with Gasteiger partial charge in [0.25, 0.3) is 0 Å². The Morgan fingerprint density at radius 1 is 1.06 bits per heavy atom. The minimum Gasteiger partial charge on any atom is -0.394 e. The van der Waals surface area contributed by atoms with Crippen molar-refractivity contribution in [2.75, 3.05) is 13.2 Å². The Hall–Kier alpha value is -1.89. The van der Waals surface area contributed by atoms with E-state index >= 15 is 0 Å². The predicted molar refractivity (Wildman–Crippen MR) is 116 cm³/mol. The Morgan fingerprint density at radius 2 is 1.81 bits per heavy atom. The fourth-order valence-corrected chi connectivity index (χ4v) is 6.29. The summed E-state index contributed by atoms with van der Waals surface area (Å²) in [5.41, 5.74) is 0.612. The molecule has 8 nitrogen and oxygen atoms in total. The number of hydrogen-bond donors (Lipinski definition) is 3. The van der Waals surface area contributed by atoms with Crippen molar-refractivity contribution >= 4 is 20.0 Å². The molecule has 0 amide bonds. The highest BCUT2D eigenvalue weighted by Gasteiger charge is 2.34. The molecule has 0 aromatic heterocycles. The summed E-state index contributed by atoms with van der Waals surface area (Å²) in [7, 11) is -7.64. The molecule has 1 saturated heterocycles. The first-order valence-electron chi connectivity index (χ1n) is 10.2. The van der Waals surface area contributed by atoms with Crippen LogP contribution in [0.1, 0.15) is 24.8 Å². The molecule has 3 N–H and O–H groups in total. The molecular weight excluding hydrogens is 459 g/mol. The molecule has 0 saturated carbocycles. The number of ether oxygens (including phenoxy) is 1. The lowest BCUT2D eigenvalue weighted by atomic mass is 9.98. The second-order valence-electron chi connectivity index (χ2n) is 7.69. The second-order valence-corrected chi connectivity index (χ2v) is 11.1. The first-order valence-corrected chi connectivity index (χ1v) is 13.2. The minimum absolute atomic E-state index is 0.0568. The van der Waals surface area contributed by atoms with Gasteiger partial charge in [-0.15, -0.1) is 0 Å². The van der Waals surface area contributed by atoms with E-state index in [1.807, 2.05) is 0 Å². The minimum atomic E-state index is -3.86. The smallest absolute Gasteiger partial charge is 0.241 e. The molecule has 0 unspecified atom stereocenters. The zero-order chi connectivity index (χ0) is 23.4. The summed E-state index contributed by atoms with van der Waals surface area (Å²) < 4.78 is 74.2. The first-order chi connectivity index (χ1) is 15.1. The summed E-state index contributed by atoms with van der Waals surface area (Å²) >= 11 is 0. The highest BCUT2D eigenvalue weighted by Crippen LogP contribution is 2.24. The number of benzene rings is 2. The van der Waals surface area contributed by atoms with Crippen molar-refractivity contribution in [3.63, 3.8) is 0 Å². The topological polar surface area (TPSA) is 122 Å². The van der Waals surface area contributed by atoms with Gasteiger partial charge in [0.1, 0.15) is 5.82 Å². The lowest BCUT2D eigenvalue weighted by Crippen LogP contribution is -2.51. The quantitative estimate of drug-likeness (QED) is 0.496. The van der Waals surface area contributed by atoms with Gasteiger partial charge in [0.15, 0.2) is 0 Å². The van der Waals surface area contributed by atoms with Gasteiger partial charge in [-0.1, -0.05) is 24.3 Å². The largest absolute Gasteiger partial charge is 0.394 e. The number of halogens is 1. The third kappa shape index (κ3) is 6.12. The molecule has 3 atom stereocenters. The summed E-state index contributed by atoms with van der Waals surface area (Å²) in [5, 5.41) is 9.72. The van der Waals surface area contributed by atoms with E-state index in [1.54, 1.807) is 25.1 Å². The van der Waals surface area contributed by atoms with Gasteiger partial charge in [0.2, 0.25) is 20.0 Å². The van der Waals surface area contributed by atoms with E-state index in [0.717, 1.165) is 12.1 Å². The van der Waals surface area contributed by atoms with Crippen LogP contribution in [0.15, 0.2) is 58.3 Å². The molecule has 1 heterocycles. The van der Waals surface area contributed by atoms with E-state index in [-0.39, 0.29) is 29.0 Å². The van der Waals surface area contributed by atoms with Crippen molar-refractivity contribution in [3.05, 3.63) is 59.9 Å². The van der Waals surface area contributed by atoms with Gasteiger partial charge in [-0.05, 0) is 56.0 Å². The molecule has 3 rings (SSSR count). The standard InChI is InChI=1S/C21H27FN2O6S2/c1-15-5-2-3-8-21(15)32(28,29)24-19-10-9-17(30-20(19)14-25)11-12-23-31(26,27)18-7-4-6-16(22)13-18/h2-8,13,17,19-20,23-25H,9-12,14H2,1H3/t17-,19-,20-/m1/s1. The summed E-state index contributed by atoms with van der Waals surface area (Å²) in [6.45, 7) is 1.38. The van der Waals surface area contributed by atoms with E-state index < -0.39 is 38.0 Å². The third-order valence-electron chi connectivity index (χ3n) is 5.35. The number of aliphatic hydroxyl groups excluding tert-OH is 1. The van der Waals surface area contributed by atoms with Crippen LogP contribution in [0.3, 0.4) is 0 Å². The Balaban J connectivity index is 1.56. The fourth-order valence-electron chi connectivity index (χ4n) is 3.67. The summed E-state index contributed by atoms with van der Waals surface area (Å²) in [6, 6.07) is 10.7. The van der Waals surface area contributed by atoms with E-state index in [2.05, 4.69) is 9.44 Å². The molecule has 1 aliphatic heterocycles. The van der Waals surface area contributed by atoms with Gasteiger partial charge in [-0.2, -0.15) is 0 Å². The van der Waals surface area contributed by atoms with Crippen molar-refractivity contribution in [1.82, 2.24) is 9.44 Å². The molecule has 1 fully saturated rings. The predicted octanol–water partition coefficient (Wildman–Crippen LogP) is 1.69. The molecule has 0 spiro atoms. The maximum absolute atomic E-state index is 13.3. The van der Waals surface area contributed by atoms with Gasteiger partial charge in [0.05, 0.1) is 34.6 Å². The van der Waals surface area contributed by atoms with Crippen LogP contribution in [-0.2, 0) is 24.8 Å². The van der Waals surface area contributed by atoms with E-state index in [4.69, 9.17) is 4.74 Å². The van der Waals surface area contributed by atoms with Crippen LogP contribution in [0, 0.1) is 12.7 Å². The summed E-state index contributed by atoms with van der Waals surface area (Å²) in [4.78, 5) is 0.00606. The van der Waals surface area contributed by atoms with Crippen molar-refractivity contribution in [3.8, 4) is 0 Å². The normalized spacial score (nSPS) is 22.0. The molecule has 176 valence electrons. The maximum atomic E-state index is 13.3. The first kappa shape index (κ1) is 24.7. The van der Waals surface area contributed by atoms with Gasteiger partial charge in [-0.25, -0.2) is 30.7 Å². The molecule has 11 heteroatoms. The van der Waals surface area contributed by atoms with Crippen LogP contribution in [0.4, 0.5) is 4.39 Å².